The minimum absolute atomic E-state index is 0.0342. The molecule has 0 radical (unpaired) electrons. The zero-order valence-corrected chi connectivity index (χ0v) is 39.1. The number of rotatable bonds is 23. The molecule has 2 aromatic carbocycles. The molecule has 1 fully saturated rings. The number of ketones is 2. The molecule has 3 aliphatic rings. The first-order chi connectivity index (χ1) is 30.5. The Labute approximate surface area is 383 Å². The maximum atomic E-state index is 12.5. The van der Waals surface area contributed by atoms with Crippen LogP contribution in [0.1, 0.15) is 89.7 Å². The molecule has 2 heterocycles. The Bertz CT molecular complexity index is 2640. The second-order valence-corrected chi connectivity index (χ2v) is 21.7. The lowest BCUT2D eigenvalue weighted by atomic mass is 9.77. The molecule has 0 aromatic heterocycles. The molecule has 2 aromatic rings. The molecule has 1 aliphatic carbocycles. The first kappa shape index (κ1) is 51.6. The average molecular weight is 978 g/mol. The van der Waals surface area contributed by atoms with Crippen molar-refractivity contribution in [3.05, 3.63) is 95.8 Å². The molecule has 1 saturated carbocycles. The standard InChI is InChI=1S/C43H52N2O16S4/c1-42(2)32-28-30(62-61-60-49)17-19-34(32)44(24-12-26-63(50,51)52)38(42)14-8-5-4-6-9-15-39-43(3,23-11-7-10-16-40(48)59-41-36(46)21-22-37(41)47)33-29-31(65(56,57)58)18-20-35(33)45(39)25-13-27-64(53,54)55/h4-6,8-9,14-15,17-20,28-29,41H,7,10-13,16,21-27H2,1-3H3,(H3-,49,50,51,52,53,54,55,56,57,58)/p-3. The molecule has 18 nitrogen and oxygen atoms in total. The van der Waals surface area contributed by atoms with Crippen LogP contribution in [0.3, 0.4) is 0 Å². The summed E-state index contributed by atoms with van der Waals surface area (Å²) in [4.78, 5) is 38.2. The van der Waals surface area contributed by atoms with Gasteiger partial charge < -0.3 is 28.6 Å². The quantitative estimate of drug-likeness (QED) is 0.0174. The highest BCUT2D eigenvalue weighted by atomic mass is 32.2. The van der Waals surface area contributed by atoms with E-state index in [1.54, 1.807) is 53.5 Å². The molecule has 0 amide bonds. The van der Waals surface area contributed by atoms with Gasteiger partial charge >= 0.3 is 5.97 Å². The Morgan fingerprint density at radius 2 is 1.49 bits per heavy atom. The third-order valence-electron chi connectivity index (χ3n) is 11.5. The maximum absolute atomic E-state index is 12.5. The summed E-state index contributed by atoms with van der Waals surface area (Å²) in [6.45, 7) is 6.06. The van der Waals surface area contributed by atoms with E-state index in [0.29, 0.717) is 47.5 Å². The van der Waals surface area contributed by atoms with Gasteiger partial charge in [-0.05, 0) is 82.0 Å². The Hall–Kier alpha value is -4.36. The number of nitrogens with zero attached hydrogens (tertiary/aromatic N) is 2. The second-order valence-electron chi connectivity index (χ2n) is 16.5. The van der Waals surface area contributed by atoms with E-state index in [1.165, 1.54) is 18.2 Å². The fourth-order valence-electron chi connectivity index (χ4n) is 8.41. The lowest BCUT2D eigenvalue weighted by Gasteiger charge is -2.31. The van der Waals surface area contributed by atoms with Gasteiger partial charge in [0.1, 0.15) is 16.7 Å². The molecule has 0 bridgehead atoms. The van der Waals surface area contributed by atoms with Gasteiger partial charge in [0.15, 0.2) is 17.3 Å². The number of hydrogen-bond acceptors (Lipinski definition) is 18. The lowest BCUT2D eigenvalue weighted by Crippen LogP contribution is -2.30. The third kappa shape index (κ3) is 13.4. The summed E-state index contributed by atoms with van der Waals surface area (Å²) in [5, 5.41) is 13.9. The molecular formula is C43H49N2O16S4-3. The number of Topliss-reactive ketones (excluding diaryl/α,β-unsaturated/α-hetero) is 2. The molecule has 5 rings (SSSR count). The lowest BCUT2D eigenvalue weighted by molar-refractivity contribution is -0.777. The zero-order chi connectivity index (χ0) is 47.8. The van der Waals surface area contributed by atoms with Crippen LogP contribution in [0.2, 0.25) is 0 Å². The smallest absolute Gasteiger partial charge is 0.306 e. The molecule has 2 aliphatic heterocycles. The SMILES string of the molecule is CC1(C)C(/C=C/C=C/C=C/C=C2\N(CCCS(=O)(=O)[O-])c3ccc(S(=O)(=O)[O-])cc3C2(C)CCCCCC(=O)OC2C(=O)CCC2=O)=[N+](CCCS(=O)(=O)[O-])c2ccc(SOO[O-])cc21. The maximum Gasteiger partial charge on any atom is 0.306 e. The molecule has 0 spiro atoms. The number of fused-ring (bicyclic) bond motifs is 2. The number of hydrogen-bond donors (Lipinski definition) is 0. The molecule has 354 valence electrons. The number of ether oxygens (including phenoxy) is 1. The zero-order valence-electron chi connectivity index (χ0n) is 35.8. The molecule has 22 heteroatoms. The molecule has 1 unspecified atom stereocenters. The number of allylic oxidation sites excluding steroid dienone is 8. The van der Waals surface area contributed by atoms with Crippen LogP contribution in [0.15, 0.2) is 94.4 Å². The second kappa shape index (κ2) is 21.5. The summed E-state index contributed by atoms with van der Waals surface area (Å²) in [6.07, 6.45) is 12.7. The van der Waals surface area contributed by atoms with E-state index in [-0.39, 0.29) is 45.2 Å². The highest BCUT2D eigenvalue weighted by Crippen LogP contribution is 2.51. The Morgan fingerprint density at radius 1 is 0.831 bits per heavy atom. The Kier molecular flexibility index (Phi) is 17.1. The molecule has 0 N–H and O–H groups in total. The summed E-state index contributed by atoms with van der Waals surface area (Å²) in [5.41, 5.74) is 2.47. The van der Waals surface area contributed by atoms with Crippen molar-refractivity contribution in [2.75, 3.05) is 29.5 Å². The van der Waals surface area contributed by atoms with Crippen molar-refractivity contribution in [2.45, 2.75) is 105 Å². The van der Waals surface area contributed by atoms with Crippen LogP contribution in [0.4, 0.5) is 11.4 Å². The topological polar surface area (TPSA) is 280 Å². The minimum Gasteiger partial charge on any atom is -0.748 e. The summed E-state index contributed by atoms with van der Waals surface area (Å²) in [7, 11) is -13.9. The van der Waals surface area contributed by atoms with Gasteiger partial charge in [-0.15, -0.1) is 0 Å². The van der Waals surface area contributed by atoms with Crippen molar-refractivity contribution in [1.82, 2.24) is 0 Å². The summed E-state index contributed by atoms with van der Waals surface area (Å²) in [6, 6.07) is 9.27. The number of carbonyl (C=O) groups is 3. The van der Waals surface area contributed by atoms with Crippen LogP contribution < -0.4 is 10.2 Å². The Morgan fingerprint density at radius 3 is 2.15 bits per heavy atom. The van der Waals surface area contributed by atoms with E-state index < -0.39 is 81.2 Å². The summed E-state index contributed by atoms with van der Waals surface area (Å²) < 4.78 is 117. The first-order valence-corrected chi connectivity index (χ1v) is 25.9. The van der Waals surface area contributed by atoms with Crippen LogP contribution >= 0.6 is 12.0 Å². The highest BCUT2D eigenvalue weighted by Gasteiger charge is 2.45. The number of unbranched alkanes of at least 4 members (excludes halogenated alkanes) is 2. The van der Waals surface area contributed by atoms with Crippen molar-refractivity contribution in [3.63, 3.8) is 0 Å². The third-order valence-corrected chi connectivity index (χ3v) is 14.5. The van der Waals surface area contributed by atoms with E-state index in [4.69, 9.17) is 4.74 Å². The van der Waals surface area contributed by atoms with E-state index in [2.05, 4.69) is 9.37 Å². The minimum atomic E-state index is -4.88. The summed E-state index contributed by atoms with van der Waals surface area (Å²) >= 11 is 0.729. The van der Waals surface area contributed by atoms with Crippen LogP contribution in [0, 0.1) is 0 Å². The number of benzene rings is 2. The van der Waals surface area contributed by atoms with E-state index >= 15 is 0 Å². The van der Waals surface area contributed by atoms with Gasteiger partial charge in [-0.3, -0.25) is 19.4 Å². The normalized spacial score (nSPS) is 19.8. The van der Waals surface area contributed by atoms with Crippen LogP contribution in [0.5, 0.6) is 0 Å². The first-order valence-electron chi connectivity index (χ1n) is 20.6. The highest BCUT2D eigenvalue weighted by molar-refractivity contribution is 7.94. The van der Waals surface area contributed by atoms with Crippen molar-refractivity contribution in [3.8, 4) is 0 Å². The average Bonchev–Trinajstić information content (AvgIpc) is 3.73. The number of esters is 1. The molecular weight excluding hydrogens is 929 g/mol. The van der Waals surface area contributed by atoms with Crippen LogP contribution in [-0.4, -0.2) is 97.4 Å². The van der Waals surface area contributed by atoms with Gasteiger partial charge in [0, 0.05) is 83.1 Å². The van der Waals surface area contributed by atoms with Gasteiger partial charge in [0.05, 0.1) is 42.6 Å². The van der Waals surface area contributed by atoms with Gasteiger partial charge in [-0.2, -0.15) is 8.91 Å². The fraction of sp³-hybridized carbons (Fsp3) is 0.442. The van der Waals surface area contributed by atoms with Gasteiger partial charge in [-0.1, -0.05) is 43.2 Å². The van der Waals surface area contributed by atoms with Crippen molar-refractivity contribution in [1.29, 1.82) is 0 Å². The van der Waals surface area contributed by atoms with Crippen molar-refractivity contribution >= 4 is 77.0 Å². The predicted molar refractivity (Wildman–Crippen MR) is 232 cm³/mol. The van der Waals surface area contributed by atoms with Gasteiger partial charge in [0.25, 0.3) is 0 Å². The van der Waals surface area contributed by atoms with Crippen molar-refractivity contribution in [2.24, 2.45) is 0 Å². The molecule has 0 saturated heterocycles. The number of carbonyl (C=O) groups excluding carboxylic acids is 3. The predicted octanol–water partition coefficient (Wildman–Crippen LogP) is 4.19. The number of anilines is 1. The monoisotopic (exact) mass is 977 g/mol. The Balaban J connectivity index is 1.40. The largest absolute Gasteiger partial charge is 0.748 e. The van der Waals surface area contributed by atoms with Gasteiger partial charge in [-0.25, -0.2) is 25.3 Å². The van der Waals surface area contributed by atoms with Crippen molar-refractivity contribution < 1.29 is 77.2 Å². The fourth-order valence-corrected chi connectivity index (χ4v) is 10.3. The van der Waals surface area contributed by atoms with E-state index in [9.17, 15) is 58.6 Å². The van der Waals surface area contributed by atoms with E-state index in [1.807, 2.05) is 37.5 Å². The summed E-state index contributed by atoms with van der Waals surface area (Å²) in [5.74, 6) is -2.75. The van der Waals surface area contributed by atoms with Gasteiger partial charge in [0.2, 0.25) is 11.8 Å². The van der Waals surface area contributed by atoms with Crippen LogP contribution in [-0.2, 0) is 69.7 Å². The van der Waals surface area contributed by atoms with Crippen LogP contribution in [0.25, 0.3) is 0 Å². The molecule has 1 atom stereocenters. The molecule has 65 heavy (non-hydrogen) atoms. The van der Waals surface area contributed by atoms with E-state index in [0.717, 1.165) is 29.0 Å².